The first kappa shape index (κ1) is 12.1. The van der Waals surface area contributed by atoms with Crippen LogP contribution in [0.25, 0.3) is 0 Å². The van der Waals surface area contributed by atoms with Gasteiger partial charge in [0.05, 0.1) is 13.2 Å². The smallest absolute Gasteiger partial charge is 0.330 e. The Kier molecular flexibility index (Phi) is 3.47. The summed E-state index contributed by atoms with van der Waals surface area (Å²) < 4.78 is 16.0. The molecule has 0 N–H and O–H groups in total. The highest BCUT2D eigenvalue weighted by Gasteiger charge is 2.48. The fourth-order valence-corrected chi connectivity index (χ4v) is 2.34. The monoisotopic (exact) mass is 240 g/mol. The van der Waals surface area contributed by atoms with E-state index in [4.69, 9.17) is 14.2 Å². The summed E-state index contributed by atoms with van der Waals surface area (Å²) in [6.07, 6.45) is 2.90. The Morgan fingerprint density at radius 1 is 1.47 bits per heavy atom. The molecular weight excluding hydrogens is 224 g/mol. The average molecular weight is 240 g/mol. The molecule has 0 aromatic rings. The number of rotatable bonds is 3. The molecule has 17 heavy (non-hydrogen) atoms. The van der Waals surface area contributed by atoms with Gasteiger partial charge in [0.25, 0.3) is 0 Å². The second-order valence-electron chi connectivity index (χ2n) is 4.32. The lowest BCUT2D eigenvalue weighted by Gasteiger charge is -2.39. The second kappa shape index (κ2) is 4.87. The maximum Gasteiger partial charge on any atom is 0.330 e. The molecule has 0 aromatic heterocycles. The lowest BCUT2D eigenvalue weighted by atomic mass is 9.86. The number of esters is 2. The standard InChI is InChI=1S/C12H16O5/c1-2-10(13)17-12(5-7-15-8-6-12)9-3-4-11(14)16-9/h2,9H,1,3-8H2. The number of carbonyl (C=O) groups excluding carboxylic acids is 2. The average Bonchev–Trinajstić information content (AvgIpc) is 2.77. The quantitative estimate of drug-likeness (QED) is 0.543. The number of hydrogen-bond donors (Lipinski definition) is 0. The minimum absolute atomic E-state index is 0.226. The summed E-state index contributed by atoms with van der Waals surface area (Å²) >= 11 is 0. The minimum Gasteiger partial charge on any atom is -0.458 e. The molecule has 2 saturated heterocycles. The molecule has 0 bridgehead atoms. The predicted octanol–water partition coefficient (Wildman–Crippen LogP) is 0.970. The van der Waals surface area contributed by atoms with Crippen molar-refractivity contribution in [1.29, 1.82) is 0 Å². The summed E-state index contributed by atoms with van der Waals surface area (Å²) in [5.74, 6) is -0.703. The van der Waals surface area contributed by atoms with E-state index in [0.29, 0.717) is 38.9 Å². The Bertz CT molecular complexity index is 330. The largest absolute Gasteiger partial charge is 0.458 e. The molecule has 0 spiro atoms. The topological polar surface area (TPSA) is 61.8 Å². The molecule has 2 heterocycles. The Labute approximate surface area is 99.7 Å². The molecule has 0 radical (unpaired) electrons. The lowest BCUT2D eigenvalue weighted by molar-refractivity contribution is -0.189. The molecule has 0 amide bonds. The Hall–Kier alpha value is -1.36. The van der Waals surface area contributed by atoms with Gasteiger partial charge in [-0.15, -0.1) is 0 Å². The zero-order valence-electron chi connectivity index (χ0n) is 9.65. The van der Waals surface area contributed by atoms with E-state index in [9.17, 15) is 9.59 Å². The summed E-state index contributed by atoms with van der Waals surface area (Å²) in [6, 6.07) is 0. The molecule has 2 fully saturated rings. The van der Waals surface area contributed by atoms with E-state index in [1.165, 1.54) is 0 Å². The maximum absolute atomic E-state index is 11.4. The summed E-state index contributed by atoms with van der Waals surface area (Å²) in [7, 11) is 0. The van der Waals surface area contributed by atoms with Crippen molar-refractivity contribution in [2.45, 2.75) is 37.4 Å². The van der Waals surface area contributed by atoms with Gasteiger partial charge in [0, 0.05) is 25.3 Å². The van der Waals surface area contributed by atoms with Crippen molar-refractivity contribution in [2.24, 2.45) is 0 Å². The van der Waals surface area contributed by atoms with Gasteiger partial charge in [-0.05, 0) is 6.42 Å². The van der Waals surface area contributed by atoms with Crippen LogP contribution < -0.4 is 0 Å². The van der Waals surface area contributed by atoms with Crippen LogP contribution in [0.3, 0.4) is 0 Å². The van der Waals surface area contributed by atoms with Crippen molar-refractivity contribution in [3.63, 3.8) is 0 Å². The van der Waals surface area contributed by atoms with Crippen molar-refractivity contribution in [1.82, 2.24) is 0 Å². The maximum atomic E-state index is 11.4. The van der Waals surface area contributed by atoms with Gasteiger partial charge in [0.2, 0.25) is 0 Å². The number of cyclic esters (lactones) is 1. The van der Waals surface area contributed by atoms with Crippen LogP contribution >= 0.6 is 0 Å². The van der Waals surface area contributed by atoms with E-state index < -0.39 is 11.6 Å². The molecule has 2 rings (SSSR count). The Balaban J connectivity index is 2.13. The van der Waals surface area contributed by atoms with Crippen molar-refractivity contribution >= 4 is 11.9 Å². The summed E-state index contributed by atoms with van der Waals surface area (Å²) in [4.78, 5) is 22.6. The Morgan fingerprint density at radius 2 is 2.18 bits per heavy atom. The number of ether oxygens (including phenoxy) is 3. The summed E-state index contributed by atoms with van der Waals surface area (Å²) in [6.45, 7) is 4.41. The van der Waals surface area contributed by atoms with Gasteiger partial charge in [-0.1, -0.05) is 6.58 Å². The highest BCUT2D eigenvalue weighted by atomic mass is 16.6. The van der Waals surface area contributed by atoms with Crippen LogP contribution in [0, 0.1) is 0 Å². The van der Waals surface area contributed by atoms with Crippen LogP contribution in [-0.2, 0) is 23.8 Å². The van der Waals surface area contributed by atoms with E-state index in [1.807, 2.05) is 0 Å². The third-order valence-corrected chi connectivity index (χ3v) is 3.28. The molecule has 0 aliphatic carbocycles. The van der Waals surface area contributed by atoms with E-state index >= 15 is 0 Å². The molecule has 1 unspecified atom stereocenters. The lowest BCUT2D eigenvalue weighted by Crippen LogP contribution is -2.50. The number of carbonyl (C=O) groups is 2. The summed E-state index contributed by atoms with van der Waals surface area (Å²) in [5.41, 5.74) is -0.727. The van der Waals surface area contributed by atoms with Crippen molar-refractivity contribution in [3.05, 3.63) is 12.7 Å². The van der Waals surface area contributed by atoms with Crippen LogP contribution in [0.4, 0.5) is 0 Å². The van der Waals surface area contributed by atoms with E-state index in [-0.39, 0.29) is 12.1 Å². The normalized spacial score (nSPS) is 27.3. The Morgan fingerprint density at radius 3 is 2.71 bits per heavy atom. The van der Waals surface area contributed by atoms with Crippen LogP contribution in [0.1, 0.15) is 25.7 Å². The van der Waals surface area contributed by atoms with E-state index in [2.05, 4.69) is 6.58 Å². The van der Waals surface area contributed by atoms with E-state index in [1.54, 1.807) is 0 Å². The molecule has 94 valence electrons. The first-order valence-electron chi connectivity index (χ1n) is 5.79. The van der Waals surface area contributed by atoms with Gasteiger partial charge < -0.3 is 14.2 Å². The van der Waals surface area contributed by atoms with E-state index in [0.717, 1.165) is 6.08 Å². The zero-order chi connectivity index (χ0) is 12.3. The fraction of sp³-hybridized carbons (Fsp3) is 0.667. The van der Waals surface area contributed by atoms with Crippen LogP contribution in [0.15, 0.2) is 12.7 Å². The molecule has 2 aliphatic rings. The van der Waals surface area contributed by atoms with Crippen LogP contribution in [-0.4, -0.2) is 36.9 Å². The molecule has 1 atom stereocenters. The zero-order valence-corrected chi connectivity index (χ0v) is 9.65. The molecule has 0 saturated carbocycles. The van der Waals surface area contributed by atoms with Crippen molar-refractivity contribution < 1.29 is 23.8 Å². The highest BCUT2D eigenvalue weighted by Crippen LogP contribution is 2.36. The molecule has 0 aromatic carbocycles. The predicted molar refractivity (Wildman–Crippen MR) is 58.2 cm³/mol. The van der Waals surface area contributed by atoms with Gasteiger partial charge in [-0.2, -0.15) is 0 Å². The molecule has 2 aliphatic heterocycles. The minimum atomic E-state index is -0.727. The third-order valence-electron chi connectivity index (χ3n) is 3.28. The molecule has 5 heteroatoms. The van der Waals surface area contributed by atoms with Gasteiger partial charge in [0.15, 0.2) is 5.60 Å². The van der Waals surface area contributed by atoms with Crippen molar-refractivity contribution in [2.75, 3.05) is 13.2 Å². The first-order chi connectivity index (χ1) is 8.16. The SMILES string of the molecule is C=CC(=O)OC1(C2CCC(=O)O2)CCOCC1. The van der Waals surface area contributed by atoms with Crippen molar-refractivity contribution in [3.8, 4) is 0 Å². The van der Waals surface area contributed by atoms with Gasteiger partial charge in [-0.25, -0.2) is 4.79 Å². The second-order valence-corrected chi connectivity index (χ2v) is 4.32. The van der Waals surface area contributed by atoms with Gasteiger partial charge in [0.1, 0.15) is 6.10 Å². The summed E-state index contributed by atoms with van der Waals surface area (Å²) in [5, 5.41) is 0. The third kappa shape index (κ3) is 2.49. The molecule has 5 nitrogen and oxygen atoms in total. The fourth-order valence-electron chi connectivity index (χ4n) is 2.34. The molecular formula is C12H16O5. The highest BCUT2D eigenvalue weighted by molar-refractivity contribution is 5.81. The van der Waals surface area contributed by atoms with Gasteiger partial charge in [-0.3, -0.25) is 4.79 Å². The number of hydrogen-bond acceptors (Lipinski definition) is 5. The first-order valence-corrected chi connectivity index (χ1v) is 5.79. The van der Waals surface area contributed by atoms with Crippen LogP contribution in [0.2, 0.25) is 0 Å². The van der Waals surface area contributed by atoms with Crippen LogP contribution in [0.5, 0.6) is 0 Å². The van der Waals surface area contributed by atoms with Gasteiger partial charge >= 0.3 is 11.9 Å².